The SMILES string of the molecule is CC(NC(=O)c1csc(Br)c1)c1ccc(Br)cc1. The maximum absolute atomic E-state index is 12.0. The molecule has 0 fully saturated rings. The van der Waals surface area contributed by atoms with Crippen molar-refractivity contribution in [2.24, 2.45) is 0 Å². The summed E-state index contributed by atoms with van der Waals surface area (Å²) in [5.41, 5.74) is 1.77. The molecule has 5 heteroatoms. The van der Waals surface area contributed by atoms with Crippen LogP contribution in [0, 0.1) is 0 Å². The molecule has 94 valence electrons. The van der Waals surface area contributed by atoms with E-state index in [1.807, 2.05) is 42.6 Å². The van der Waals surface area contributed by atoms with Gasteiger partial charge in [0.15, 0.2) is 0 Å². The smallest absolute Gasteiger partial charge is 0.252 e. The van der Waals surface area contributed by atoms with Gasteiger partial charge in [-0.2, -0.15) is 0 Å². The molecule has 1 atom stereocenters. The zero-order valence-corrected chi connectivity index (χ0v) is 13.6. The largest absolute Gasteiger partial charge is 0.345 e. The minimum atomic E-state index is -0.0487. The highest BCUT2D eigenvalue weighted by Gasteiger charge is 2.12. The van der Waals surface area contributed by atoms with Gasteiger partial charge >= 0.3 is 0 Å². The number of carbonyl (C=O) groups is 1. The summed E-state index contributed by atoms with van der Waals surface area (Å²) in [5, 5.41) is 4.82. The second-order valence-corrected chi connectivity index (χ2v) is 7.09. The minimum Gasteiger partial charge on any atom is -0.345 e. The molecule has 1 N–H and O–H groups in total. The first kappa shape index (κ1) is 13.8. The Morgan fingerprint density at radius 2 is 1.94 bits per heavy atom. The van der Waals surface area contributed by atoms with Crippen molar-refractivity contribution in [3.8, 4) is 0 Å². The van der Waals surface area contributed by atoms with Gasteiger partial charge in [-0.1, -0.05) is 28.1 Å². The Balaban J connectivity index is 2.05. The third-order valence-electron chi connectivity index (χ3n) is 2.55. The van der Waals surface area contributed by atoms with Crippen LogP contribution in [0.5, 0.6) is 0 Å². The van der Waals surface area contributed by atoms with Gasteiger partial charge in [0, 0.05) is 9.85 Å². The number of nitrogens with one attached hydrogen (secondary N) is 1. The van der Waals surface area contributed by atoms with Gasteiger partial charge < -0.3 is 5.32 Å². The molecule has 0 radical (unpaired) electrons. The van der Waals surface area contributed by atoms with Crippen LogP contribution in [0.1, 0.15) is 28.9 Å². The van der Waals surface area contributed by atoms with Crippen LogP contribution in [0.4, 0.5) is 0 Å². The lowest BCUT2D eigenvalue weighted by molar-refractivity contribution is 0.0940. The summed E-state index contributed by atoms with van der Waals surface area (Å²) in [4.78, 5) is 12.0. The van der Waals surface area contributed by atoms with Gasteiger partial charge in [-0.15, -0.1) is 11.3 Å². The maximum atomic E-state index is 12.0. The number of thiophene rings is 1. The second-order valence-electron chi connectivity index (χ2n) is 3.89. The van der Waals surface area contributed by atoms with Gasteiger partial charge in [-0.25, -0.2) is 0 Å². The quantitative estimate of drug-likeness (QED) is 0.806. The van der Waals surface area contributed by atoms with Crippen LogP contribution in [0.15, 0.2) is 44.0 Å². The number of carbonyl (C=O) groups excluding carboxylic acids is 1. The maximum Gasteiger partial charge on any atom is 0.252 e. The van der Waals surface area contributed by atoms with E-state index in [2.05, 4.69) is 37.2 Å². The van der Waals surface area contributed by atoms with Crippen LogP contribution in [0.2, 0.25) is 0 Å². The van der Waals surface area contributed by atoms with E-state index in [9.17, 15) is 4.79 Å². The van der Waals surface area contributed by atoms with Crippen LogP contribution in [0.25, 0.3) is 0 Å². The van der Waals surface area contributed by atoms with Crippen molar-refractivity contribution in [2.75, 3.05) is 0 Å². The topological polar surface area (TPSA) is 29.1 Å². The highest BCUT2D eigenvalue weighted by Crippen LogP contribution is 2.22. The fraction of sp³-hybridized carbons (Fsp3) is 0.154. The monoisotopic (exact) mass is 387 g/mol. The van der Waals surface area contributed by atoms with E-state index in [-0.39, 0.29) is 11.9 Å². The summed E-state index contributed by atoms with van der Waals surface area (Å²) in [6.45, 7) is 1.97. The van der Waals surface area contributed by atoms with E-state index in [0.29, 0.717) is 5.56 Å². The van der Waals surface area contributed by atoms with Crippen LogP contribution in [-0.2, 0) is 0 Å². The van der Waals surface area contributed by atoms with E-state index in [4.69, 9.17) is 0 Å². The number of amides is 1. The standard InChI is InChI=1S/C13H11Br2NOS/c1-8(9-2-4-11(14)5-3-9)16-13(17)10-6-12(15)18-7-10/h2-8H,1H3,(H,16,17). The molecule has 2 nitrogen and oxygen atoms in total. The molecule has 1 aromatic heterocycles. The first-order valence-electron chi connectivity index (χ1n) is 5.36. The van der Waals surface area contributed by atoms with E-state index in [1.54, 1.807) is 0 Å². The predicted molar refractivity (Wildman–Crippen MR) is 82.0 cm³/mol. The van der Waals surface area contributed by atoms with Crippen LogP contribution < -0.4 is 5.32 Å². The first-order valence-corrected chi connectivity index (χ1v) is 7.83. The van der Waals surface area contributed by atoms with Crippen molar-refractivity contribution in [3.05, 3.63) is 55.1 Å². The molecule has 0 aliphatic heterocycles. The van der Waals surface area contributed by atoms with Gasteiger partial charge in [0.25, 0.3) is 5.91 Å². The van der Waals surface area contributed by atoms with Crippen LogP contribution in [0.3, 0.4) is 0 Å². The lowest BCUT2D eigenvalue weighted by Crippen LogP contribution is -2.26. The molecule has 0 saturated heterocycles. The molecule has 1 unspecified atom stereocenters. The molecule has 0 spiro atoms. The third kappa shape index (κ3) is 3.43. The highest BCUT2D eigenvalue weighted by molar-refractivity contribution is 9.11. The Labute approximate surface area is 127 Å². The van der Waals surface area contributed by atoms with Gasteiger partial charge in [0.1, 0.15) is 0 Å². The van der Waals surface area contributed by atoms with Crippen molar-refractivity contribution in [1.82, 2.24) is 5.32 Å². The van der Waals surface area contributed by atoms with E-state index >= 15 is 0 Å². The molecule has 2 rings (SSSR count). The molecule has 1 heterocycles. The molecule has 0 saturated carbocycles. The lowest BCUT2D eigenvalue weighted by Gasteiger charge is -2.13. The summed E-state index contributed by atoms with van der Waals surface area (Å²) >= 11 is 8.25. The minimum absolute atomic E-state index is 0.00993. The van der Waals surface area contributed by atoms with Crippen molar-refractivity contribution in [1.29, 1.82) is 0 Å². The van der Waals surface area contributed by atoms with Gasteiger partial charge in [-0.05, 0) is 46.6 Å². The fourth-order valence-electron chi connectivity index (χ4n) is 1.54. The number of rotatable bonds is 3. The van der Waals surface area contributed by atoms with Crippen molar-refractivity contribution >= 4 is 49.1 Å². The molecule has 1 aromatic carbocycles. The van der Waals surface area contributed by atoms with E-state index < -0.39 is 0 Å². The number of halogens is 2. The molecular weight excluding hydrogens is 378 g/mol. The summed E-state index contributed by atoms with van der Waals surface area (Å²) in [6, 6.07) is 9.76. The molecule has 2 aromatic rings. The molecular formula is C13H11Br2NOS. The van der Waals surface area contributed by atoms with Crippen LogP contribution in [-0.4, -0.2) is 5.91 Å². The fourth-order valence-corrected chi connectivity index (χ4v) is 2.94. The average molecular weight is 389 g/mol. The van der Waals surface area contributed by atoms with Gasteiger partial charge in [-0.3, -0.25) is 4.79 Å². The number of hydrogen-bond acceptors (Lipinski definition) is 2. The third-order valence-corrected chi connectivity index (χ3v) is 4.58. The van der Waals surface area contributed by atoms with Gasteiger partial charge in [0.05, 0.1) is 15.4 Å². The first-order chi connectivity index (χ1) is 8.56. The summed E-state index contributed by atoms with van der Waals surface area (Å²) in [5.74, 6) is -0.0487. The average Bonchev–Trinajstić information content (AvgIpc) is 2.76. The van der Waals surface area contributed by atoms with E-state index in [0.717, 1.165) is 13.8 Å². The normalized spacial score (nSPS) is 12.2. The predicted octanol–water partition coefficient (Wildman–Crippen LogP) is 4.76. The Kier molecular flexibility index (Phi) is 4.59. The lowest BCUT2D eigenvalue weighted by atomic mass is 10.1. The zero-order valence-electron chi connectivity index (χ0n) is 9.61. The summed E-state index contributed by atoms with van der Waals surface area (Å²) in [7, 11) is 0. The van der Waals surface area contributed by atoms with Crippen molar-refractivity contribution in [2.45, 2.75) is 13.0 Å². The van der Waals surface area contributed by atoms with Gasteiger partial charge in [0.2, 0.25) is 0 Å². The van der Waals surface area contributed by atoms with Crippen LogP contribution >= 0.6 is 43.2 Å². The number of hydrogen-bond donors (Lipinski definition) is 1. The molecule has 0 bridgehead atoms. The summed E-state index contributed by atoms with van der Waals surface area (Å²) < 4.78 is 2.00. The molecule has 0 aliphatic rings. The Morgan fingerprint density at radius 1 is 1.28 bits per heavy atom. The highest BCUT2D eigenvalue weighted by atomic mass is 79.9. The Bertz CT molecular complexity index is 550. The zero-order chi connectivity index (χ0) is 13.1. The molecule has 18 heavy (non-hydrogen) atoms. The molecule has 1 amide bonds. The van der Waals surface area contributed by atoms with Crippen molar-refractivity contribution < 1.29 is 4.79 Å². The second kappa shape index (κ2) is 5.99. The number of benzene rings is 1. The Morgan fingerprint density at radius 3 is 2.50 bits per heavy atom. The summed E-state index contributed by atoms with van der Waals surface area (Å²) in [6.07, 6.45) is 0. The Hall–Kier alpha value is -0.650. The van der Waals surface area contributed by atoms with E-state index in [1.165, 1.54) is 11.3 Å². The molecule has 0 aliphatic carbocycles. The van der Waals surface area contributed by atoms with Crippen molar-refractivity contribution in [3.63, 3.8) is 0 Å².